The van der Waals surface area contributed by atoms with Gasteiger partial charge in [0, 0.05) is 6.04 Å². The van der Waals surface area contributed by atoms with Gasteiger partial charge in [-0.2, -0.15) is 11.3 Å². The lowest BCUT2D eigenvalue weighted by molar-refractivity contribution is 0.567. The minimum atomic E-state index is -3.64. The topological polar surface area (TPSA) is 72.2 Å². The highest BCUT2D eigenvalue weighted by Gasteiger charge is 2.23. The van der Waals surface area contributed by atoms with Crippen LogP contribution >= 0.6 is 11.3 Å². The summed E-state index contributed by atoms with van der Waals surface area (Å²) in [6.07, 6.45) is 0. The lowest BCUT2D eigenvalue weighted by atomic mass is 10.1. The zero-order chi connectivity index (χ0) is 14.9. The van der Waals surface area contributed by atoms with Crippen molar-refractivity contribution in [1.29, 1.82) is 0 Å². The summed E-state index contributed by atoms with van der Waals surface area (Å²) in [5.74, 6) is 0. The number of nitrogens with one attached hydrogen (secondary N) is 1. The van der Waals surface area contributed by atoms with Gasteiger partial charge in [-0.15, -0.1) is 0 Å². The third kappa shape index (κ3) is 2.87. The maximum atomic E-state index is 12.5. The van der Waals surface area contributed by atoms with Crippen LogP contribution in [-0.2, 0) is 10.0 Å². The van der Waals surface area contributed by atoms with Crippen LogP contribution in [0.2, 0.25) is 0 Å². The van der Waals surface area contributed by atoms with Crippen molar-refractivity contribution in [2.75, 3.05) is 5.73 Å². The number of anilines is 1. The van der Waals surface area contributed by atoms with Crippen LogP contribution in [0.5, 0.6) is 0 Å². The summed E-state index contributed by atoms with van der Waals surface area (Å²) in [5.41, 5.74) is 8.67. The molecule has 1 heterocycles. The fourth-order valence-electron chi connectivity index (χ4n) is 2.05. The second kappa shape index (κ2) is 5.55. The molecule has 0 amide bonds. The molecule has 1 atom stereocenters. The number of rotatable bonds is 4. The van der Waals surface area contributed by atoms with E-state index in [0.717, 1.165) is 11.1 Å². The number of sulfonamides is 1. The normalized spacial score (nSPS) is 13.3. The highest BCUT2D eigenvalue weighted by molar-refractivity contribution is 7.89. The Morgan fingerprint density at radius 3 is 2.55 bits per heavy atom. The number of hydrogen-bond donors (Lipinski definition) is 2. The van der Waals surface area contributed by atoms with Gasteiger partial charge in [0.1, 0.15) is 4.90 Å². The van der Waals surface area contributed by atoms with E-state index in [9.17, 15) is 8.42 Å². The van der Waals surface area contributed by atoms with Crippen LogP contribution in [0.15, 0.2) is 33.9 Å². The minimum Gasteiger partial charge on any atom is -0.398 e. The van der Waals surface area contributed by atoms with E-state index < -0.39 is 10.0 Å². The molecular weight excluding hydrogens is 292 g/mol. The average molecular weight is 310 g/mol. The van der Waals surface area contributed by atoms with E-state index in [1.807, 2.05) is 36.7 Å². The van der Waals surface area contributed by atoms with E-state index in [4.69, 9.17) is 5.73 Å². The molecule has 0 saturated heterocycles. The van der Waals surface area contributed by atoms with E-state index >= 15 is 0 Å². The molecule has 6 heteroatoms. The fourth-order valence-corrected chi connectivity index (χ4v) is 4.46. The maximum Gasteiger partial charge on any atom is 0.243 e. The third-order valence-corrected chi connectivity index (χ3v) is 5.80. The van der Waals surface area contributed by atoms with Gasteiger partial charge in [0.15, 0.2) is 0 Å². The summed E-state index contributed by atoms with van der Waals surface area (Å²) in [5, 5.41) is 3.85. The summed E-state index contributed by atoms with van der Waals surface area (Å²) in [6.45, 7) is 5.46. The molecule has 0 fully saturated rings. The first kappa shape index (κ1) is 15.0. The van der Waals surface area contributed by atoms with Crippen LogP contribution in [0.3, 0.4) is 0 Å². The molecule has 4 nitrogen and oxygen atoms in total. The molecule has 0 bridgehead atoms. The van der Waals surface area contributed by atoms with Crippen molar-refractivity contribution < 1.29 is 8.42 Å². The SMILES string of the molecule is Cc1ccc(N)c(S(=O)(=O)NC(C)c2ccsc2)c1C. The molecule has 0 aliphatic carbocycles. The molecular formula is C14H18N2O2S2. The van der Waals surface area contributed by atoms with Gasteiger partial charge in [0.2, 0.25) is 10.0 Å². The van der Waals surface area contributed by atoms with Crippen LogP contribution < -0.4 is 10.5 Å². The molecule has 1 aromatic heterocycles. The minimum absolute atomic E-state index is 0.180. The molecule has 2 rings (SSSR count). The maximum absolute atomic E-state index is 12.5. The molecule has 20 heavy (non-hydrogen) atoms. The molecule has 1 aromatic carbocycles. The second-order valence-corrected chi connectivity index (χ2v) is 7.26. The smallest absolute Gasteiger partial charge is 0.243 e. The first-order valence-electron chi connectivity index (χ1n) is 6.23. The van der Waals surface area contributed by atoms with Crippen LogP contribution in [0, 0.1) is 13.8 Å². The van der Waals surface area contributed by atoms with Gasteiger partial charge in [-0.3, -0.25) is 0 Å². The molecule has 0 aliphatic rings. The van der Waals surface area contributed by atoms with E-state index in [-0.39, 0.29) is 16.6 Å². The summed E-state index contributed by atoms with van der Waals surface area (Å²) in [6, 6.07) is 5.08. The van der Waals surface area contributed by atoms with Gasteiger partial charge in [-0.25, -0.2) is 13.1 Å². The largest absolute Gasteiger partial charge is 0.398 e. The van der Waals surface area contributed by atoms with E-state index in [1.54, 1.807) is 13.0 Å². The van der Waals surface area contributed by atoms with Crippen molar-refractivity contribution in [2.24, 2.45) is 0 Å². The molecule has 3 N–H and O–H groups in total. The molecule has 0 saturated carbocycles. The number of thiophene rings is 1. The number of nitrogens with two attached hydrogens (primary N) is 1. The van der Waals surface area contributed by atoms with Crippen molar-refractivity contribution in [2.45, 2.75) is 31.7 Å². The highest BCUT2D eigenvalue weighted by atomic mass is 32.2. The fraction of sp³-hybridized carbons (Fsp3) is 0.286. The van der Waals surface area contributed by atoms with Crippen molar-refractivity contribution in [3.05, 3.63) is 45.6 Å². The van der Waals surface area contributed by atoms with Gasteiger partial charge >= 0.3 is 0 Å². The van der Waals surface area contributed by atoms with Crippen molar-refractivity contribution in [3.63, 3.8) is 0 Å². The number of aryl methyl sites for hydroxylation is 1. The Morgan fingerprint density at radius 1 is 1.25 bits per heavy atom. The van der Waals surface area contributed by atoms with Gasteiger partial charge in [-0.05, 0) is 60.4 Å². The summed E-state index contributed by atoms with van der Waals surface area (Å²) >= 11 is 1.54. The molecule has 2 aromatic rings. The second-order valence-electron chi connectivity index (χ2n) is 4.83. The predicted molar refractivity (Wildman–Crippen MR) is 83.4 cm³/mol. The number of benzene rings is 1. The monoisotopic (exact) mass is 310 g/mol. The molecule has 0 aliphatic heterocycles. The van der Waals surface area contributed by atoms with Crippen LogP contribution in [0.4, 0.5) is 5.69 Å². The van der Waals surface area contributed by atoms with E-state index in [2.05, 4.69) is 4.72 Å². The van der Waals surface area contributed by atoms with Crippen LogP contribution in [0.25, 0.3) is 0 Å². The van der Waals surface area contributed by atoms with Gasteiger partial charge < -0.3 is 5.73 Å². The Hall–Kier alpha value is -1.37. The Balaban J connectivity index is 2.39. The number of nitrogen functional groups attached to an aromatic ring is 1. The van der Waals surface area contributed by atoms with Crippen molar-refractivity contribution in [1.82, 2.24) is 4.72 Å². The van der Waals surface area contributed by atoms with Crippen molar-refractivity contribution >= 4 is 27.0 Å². The molecule has 0 radical (unpaired) electrons. The number of hydrogen-bond acceptors (Lipinski definition) is 4. The van der Waals surface area contributed by atoms with Gasteiger partial charge in [0.25, 0.3) is 0 Å². The zero-order valence-corrected chi connectivity index (χ0v) is 13.3. The van der Waals surface area contributed by atoms with Crippen LogP contribution in [-0.4, -0.2) is 8.42 Å². The molecule has 1 unspecified atom stereocenters. The predicted octanol–water partition coefficient (Wildman–Crippen LogP) is 2.99. The standard InChI is InChI=1S/C14H18N2O2S2/c1-9-4-5-13(15)14(10(9)2)20(17,18)16-11(3)12-6-7-19-8-12/h4-8,11,16H,15H2,1-3H3. The average Bonchev–Trinajstić information content (AvgIpc) is 2.87. The summed E-state index contributed by atoms with van der Waals surface area (Å²) in [7, 11) is -3.64. The molecule has 108 valence electrons. The van der Waals surface area contributed by atoms with E-state index in [1.165, 1.54) is 11.3 Å². The Morgan fingerprint density at radius 2 is 1.95 bits per heavy atom. The van der Waals surface area contributed by atoms with Crippen molar-refractivity contribution in [3.8, 4) is 0 Å². The first-order valence-corrected chi connectivity index (χ1v) is 8.65. The van der Waals surface area contributed by atoms with Gasteiger partial charge in [-0.1, -0.05) is 6.07 Å². The zero-order valence-electron chi connectivity index (χ0n) is 11.7. The van der Waals surface area contributed by atoms with Gasteiger partial charge in [0.05, 0.1) is 5.69 Å². The lowest BCUT2D eigenvalue weighted by Crippen LogP contribution is -2.28. The summed E-state index contributed by atoms with van der Waals surface area (Å²) < 4.78 is 27.8. The first-order chi connectivity index (χ1) is 9.33. The Labute approximate surface area is 123 Å². The summed E-state index contributed by atoms with van der Waals surface area (Å²) in [4.78, 5) is 0.180. The Kier molecular flexibility index (Phi) is 4.17. The lowest BCUT2D eigenvalue weighted by Gasteiger charge is -2.17. The van der Waals surface area contributed by atoms with Crippen LogP contribution in [0.1, 0.15) is 29.7 Å². The molecule has 0 spiro atoms. The van der Waals surface area contributed by atoms with E-state index in [0.29, 0.717) is 5.56 Å². The highest BCUT2D eigenvalue weighted by Crippen LogP contribution is 2.27. The third-order valence-electron chi connectivity index (χ3n) is 3.35. The quantitative estimate of drug-likeness (QED) is 0.853. The Bertz CT molecular complexity index is 707.